The molecule has 0 saturated heterocycles. The molecule has 1 aromatic carbocycles. The Hall–Kier alpha value is -1.11. The Kier molecular flexibility index (Phi) is 6.45. The van der Waals surface area contributed by atoms with Crippen molar-refractivity contribution in [2.45, 2.75) is 19.1 Å². The van der Waals surface area contributed by atoms with Gasteiger partial charge in [0.2, 0.25) is 0 Å². The maximum atomic E-state index is 12.6. The fraction of sp³-hybridized carbons (Fsp3) is 0.571. The van der Waals surface area contributed by atoms with Crippen LogP contribution >= 0.6 is 0 Å². The minimum atomic E-state index is -4.34. The second kappa shape index (κ2) is 7.61. The first kappa shape index (κ1) is 16.9. The molecule has 0 amide bonds. The number of nitrogens with two attached hydrogens (primary N) is 1. The fourth-order valence-corrected chi connectivity index (χ4v) is 1.84. The van der Waals surface area contributed by atoms with Gasteiger partial charge in [-0.2, -0.15) is 13.2 Å². The van der Waals surface area contributed by atoms with Crippen LogP contribution in [0.1, 0.15) is 24.1 Å². The standard InChI is InChI=1S/C14H21F3N2O/c1-3-20-8-7-19(2)10-13(18)11-5-4-6-12(9-11)14(15,16)17/h4-6,9,13H,3,7-8,10,18H2,1-2H3. The van der Waals surface area contributed by atoms with Crippen molar-refractivity contribution in [3.05, 3.63) is 35.4 Å². The number of likely N-dealkylation sites (N-methyl/N-ethyl adjacent to an activating group) is 1. The molecule has 3 nitrogen and oxygen atoms in total. The van der Waals surface area contributed by atoms with Gasteiger partial charge in [0.05, 0.1) is 12.2 Å². The summed E-state index contributed by atoms with van der Waals surface area (Å²) in [6.07, 6.45) is -4.34. The molecule has 0 fully saturated rings. The third kappa shape index (κ3) is 5.48. The minimum Gasteiger partial charge on any atom is -0.380 e. The van der Waals surface area contributed by atoms with Crippen LogP contribution in [0.4, 0.5) is 13.2 Å². The van der Waals surface area contributed by atoms with E-state index in [0.29, 0.717) is 31.9 Å². The highest BCUT2D eigenvalue weighted by atomic mass is 19.4. The maximum absolute atomic E-state index is 12.6. The Morgan fingerprint density at radius 2 is 2.05 bits per heavy atom. The molecule has 0 aliphatic heterocycles. The molecular weight excluding hydrogens is 269 g/mol. The molecule has 0 aromatic heterocycles. The number of hydrogen-bond donors (Lipinski definition) is 1. The van der Waals surface area contributed by atoms with Crippen molar-refractivity contribution in [3.63, 3.8) is 0 Å². The smallest absolute Gasteiger partial charge is 0.380 e. The van der Waals surface area contributed by atoms with Crippen LogP contribution in [-0.2, 0) is 10.9 Å². The van der Waals surface area contributed by atoms with Crippen LogP contribution in [0.3, 0.4) is 0 Å². The molecule has 1 unspecified atom stereocenters. The van der Waals surface area contributed by atoms with Crippen LogP contribution < -0.4 is 5.73 Å². The summed E-state index contributed by atoms with van der Waals surface area (Å²) >= 11 is 0. The van der Waals surface area contributed by atoms with Crippen LogP contribution in [0.2, 0.25) is 0 Å². The van der Waals surface area contributed by atoms with Crippen LogP contribution in [0.25, 0.3) is 0 Å². The summed E-state index contributed by atoms with van der Waals surface area (Å²) in [6, 6.07) is 4.72. The first-order valence-corrected chi connectivity index (χ1v) is 6.53. The Labute approximate surface area is 117 Å². The molecule has 1 aromatic rings. The second-order valence-corrected chi connectivity index (χ2v) is 4.69. The van der Waals surface area contributed by atoms with E-state index in [9.17, 15) is 13.2 Å². The highest BCUT2D eigenvalue weighted by Crippen LogP contribution is 2.30. The molecule has 20 heavy (non-hydrogen) atoms. The third-order valence-corrected chi connectivity index (χ3v) is 2.97. The molecule has 2 N–H and O–H groups in total. The van der Waals surface area contributed by atoms with Crippen LogP contribution in [0.15, 0.2) is 24.3 Å². The van der Waals surface area contributed by atoms with Crippen molar-refractivity contribution in [2.75, 3.05) is 33.4 Å². The zero-order chi connectivity index (χ0) is 15.2. The molecule has 1 rings (SSSR count). The molecular formula is C14H21F3N2O. The van der Waals surface area contributed by atoms with Crippen molar-refractivity contribution in [2.24, 2.45) is 5.73 Å². The lowest BCUT2D eigenvalue weighted by molar-refractivity contribution is -0.137. The number of rotatable bonds is 7. The summed E-state index contributed by atoms with van der Waals surface area (Å²) in [6.45, 7) is 4.32. The van der Waals surface area contributed by atoms with Crippen molar-refractivity contribution >= 4 is 0 Å². The average Bonchev–Trinajstić information content (AvgIpc) is 2.38. The summed E-state index contributed by atoms with van der Waals surface area (Å²) in [5.41, 5.74) is 5.79. The largest absolute Gasteiger partial charge is 0.416 e. The molecule has 0 aliphatic carbocycles. The van der Waals surface area contributed by atoms with Gasteiger partial charge < -0.3 is 15.4 Å². The lowest BCUT2D eigenvalue weighted by Gasteiger charge is -2.22. The lowest BCUT2D eigenvalue weighted by Crippen LogP contribution is -2.31. The Bertz CT molecular complexity index is 410. The Morgan fingerprint density at radius 1 is 1.35 bits per heavy atom. The van der Waals surface area contributed by atoms with Crippen molar-refractivity contribution in [1.29, 1.82) is 0 Å². The van der Waals surface area contributed by atoms with Gasteiger partial charge in [0.25, 0.3) is 0 Å². The van der Waals surface area contributed by atoms with E-state index < -0.39 is 17.8 Å². The van der Waals surface area contributed by atoms with E-state index in [4.69, 9.17) is 10.5 Å². The van der Waals surface area contributed by atoms with E-state index in [1.807, 2.05) is 18.9 Å². The molecule has 0 aliphatic rings. The van der Waals surface area contributed by atoms with Crippen molar-refractivity contribution < 1.29 is 17.9 Å². The molecule has 0 saturated carbocycles. The van der Waals surface area contributed by atoms with Gasteiger partial charge >= 0.3 is 6.18 Å². The number of hydrogen-bond acceptors (Lipinski definition) is 3. The minimum absolute atomic E-state index is 0.455. The summed E-state index contributed by atoms with van der Waals surface area (Å²) in [7, 11) is 1.87. The molecule has 0 heterocycles. The zero-order valence-electron chi connectivity index (χ0n) is 11.8. The molecule has 114 valence electrons. The molecule has 0 radical (unpaired) electrons. The van der Waals surface area contributed by atoms with E-state index in [1.165, 1.54) is 6.07 Å². The van der Waals surface area contributed by atoms with E-state index in [0.717, 1.165) is 12.1 Å². The monoisotopic (exact) mass is 290 g/mol. The normalized spacial score (nSPS) is 13.8. The first-order chi connectivity index (χ1) is 9.34. The SMILES string of the molecule is CCOCCN(C)CC(N)c1cccc(C(F)(F)F)c1. The van der Waals surface area contributed by atoms with Gasteiger partial charge in [-0.25, -0.2) is 0 Å². The summed E-state index contributed by atoms with van der Waals surface area (Å²) in [5.74, 6) is 0. The highest BCUT2D eigenvalue weighted by molar-refractivity contribution is 5.28. The number of nitrogens with zero attached hydrogens (tertiary/aromatic N) is 1. The average molecular weight is 290 g/mol. The maximum Gasteiger partial charge on any atom is 0.416 e. The molecule has 6 heteroatoms. The summed E-state index contributed by atoms with van der Waals surface area (Å²) in [5, 5.41) is 0. The number of alkyl halides is 3. The summed E-state index contributed by atoms with van der Waals surface area (Å²) in [4.78, 5) is 1.95. The highest BCUT2D eigenvalue weighted by Gasteiger charge is 2.30. The molecule has 1 atom stereocenters. The van der Waals surface area contributed by atoms with E-state index in [2.05, 4.69) is 0 Å². The number of halogens is 3. The van der Waals surface area contributed by atoms with Gasteiger partial charge in [0.1, 0.15) is 0 Å². The lowest BCUT2D eigenvalue weighted by atomic mass is 10.0. The quantitative estimate of drug-likeness (QED) is 0.785. The Balaban J connectivity index is 2.61. The van der Waals surface area contributed by atoms with E-state index in [-0.39, 0.29) is 0 Å². The van der Waals surface area contributed by atoms with Gasteiger partial charge in [-0.15, -0.1) is 0 Å². The first-order valence-electron chi connectivity index (χ1n) is 6.53. The predicted octanol–water partition coefficient (Wildman–Crippen LogP) is 2.67. The van der Waals surface area contributed by atoms with Gasteiger partial charge in [-0.1, -0.05) is 12.1 Å². The van der Waals surface area contributed by atoms with Crippen molar-refractivity contribution in [3.8, 4) is 0 Å². The topological polar surface area (TPSA) is 38.5 Å². The second-order valence-electron chi connectivity index (χ2n) is 4.69. The molecule has 0 bridgehead atoms. The van der Waals surface area contributed by atoms with Gasteiger partial charge in [-0.05, 0) is 31.7 Å². The van der Waals surface area contributed by atoms with Gasteiger partial charge in [0, 0.05) is 25.7 Å². The number of ether oxygens (including phenoxy) is 1. The molecule has 0 spiro atoms. The van der Waals surface area contributed by atoms with Crippen LogP contribution in [0, 0.1) is 0 Å². The zero-order valence-corrected chi connectivity index (χ0v) is 11.8. The van der Waals surface area contributed by atoms with Gasteiger partial charge in [-0.3, -0.25) is 0 Å². The predicted molar refractivity (Wildman–Crippen MR) is 72.4 cm³/mol. The van der Waals surface area contributed by atoms with E-state index >= 15 is 0 Å². The number of benzene rings is 1. The van der Waals surface area contributed by atoms with Crippen LogP contribution in [0.5, 0.6) is 0 Å². The fourth-order valence-electron chi connectivity index (χ4n) is 1.84. The third-order valence-electron chi connectivity index (χ3n) is 2.97. The van der Waals surface area contributed by atoms with Gasteiger partial charge in [0.15, 0.2) is 0 Å². The Morgan fingerprint density at radius 3 is 2.65 bits per heavy atom. The van der Waals surface area contributed by atoms with Crippen molar-refractivity contribution in [1.82, 2.24) is 4.90 Å². The van der Waals surface area contributed by atoms with E-state index in [1.54, 1.807) is 6.07 Å². The summed E-state index contributed by atoms with van der Waals surface area (Å²) < 4.78 is 43.1. The van der Waals surface area contributed by atoms with Crippen LogP contribution in [-0.4, -0.2) is 38.3 Å².